The fourth-order valence-electron chi connectivity index (χ4n) is 1.73. The predicted octanol–water partition coefficient (Wildman–Crippen LogP) is 2.63. The standard InChI is InChI=1S/C15H18N2O3S/c1-10-4-6-11(7-5-10)21-9-12(18)14-15(20-3)17-13(19-2)8-16-14/h4-8,12,18H,9H2,1-3H3. The number of benzene rings is 1. The molecule has 0 radical (unpaired) electrons. The van der Waals surface area contributed by atoms with Crippen LogP contribution in [0.2, 0.25) is 0 Å². The molecular weight excluding hydrogens is 288 g/mol. The lowest BCUT2D eigenvalue weighted by Crippen LogP contribution is -2.08. The highest BCUT2D eigenvalue weighted by Gasteiger charge is 2.17. The number of nitrogens with zero attached hydrogens (tertiary/aromatic N) is 2. The zero-order chi connectivity index (χ0) is 15.2. The topological polar surface area (TPSA) is 64.5 Å². The highest BCUT2D eigenvalue weighted by molar-refractivity contribution is 7.99. The second kappa shape index (κ2) is 7.28. The number of rotatable bonds is 6. The van der Waals surface area contributed by atoms with Gasteiger partial charge in [0.25, 0.3) is 0 Å². The molecule has 0 aliphatic heterocycles. The summed E-state index contributed by atoms with van der Waals surface area (Å²) in [5, 5.41) is 10.3. The largest absolute Gasteiger partial charge is 0.480 e. The first-order valence-corrected chi connectivity index (χ1v) is 7.45. The smallest absolute Gasteiger partial charge is 0.241 e. The van der Waals surface area contributed by atoms with Gasteiger partial charge in [0.15, 0.2) is 0 Å². The van der Waals surface area contributed by atoms with Crippen LogP contribution in [0.5, 0.6) is 11.8 Å². The Hall–Kier alpha value is -1.79. The van der Waals surface area contributed by atoms with Crippen LogP contribution in [0.25, 0.3) is 0 Å². The fraction of sp³-hybridized carbons (Fsp3) is 0.333. The van der Waals surface area contributed by atoms with Gasteiger partial charge in [-0.1, -0.05) is 17.7 Å². The third-order valence-corrected chi connectivity index (χ3v) is 3.98. The lowest BCUT2D eigenvalue weighted by atomic mass is 10.2. The summed E-state index contributed by atoms with van der Waals surface area (Å²) >= 11 is 1.56. The zero-order valence-electron chi connectivity index (χ0n) is 12.2. The molecule has 21 heavy (non-hydrogen) atoms. The van der Waals surface area contributed by atoms with Gasteiger partial charge in [0.2, 0.25) is 11.8 Å². The molecule has 0 amide bonds. The average molecular weight is 306 g/mol. The Bertz CT molecular complexity index is 590. The fourth-order valence-corrected chi connectivity index (χ4v) is 2.57. The Morgan fingerprint density at radius 2 is 1.90 bits per heavy atom. The number of aliphatic hydroxyl groups is 1. The van der Waals surface area contributed by atoms with Crippen molar-refractivity contribution in [3.8, 4) is 11.8 Å². The number of aliphatic hydroxyl groups excluding tert-OH is 1. The van der Waals surface area contributed by atoms with E-state index in [0.29, 0.717) is 17.3 Å². The van der Waals surface area contributed by atoms with Gasteiger partial charge >= 0.3 is 0 Å². The molecule has 1 N–H and O–H groups in total. The predicted molar refractivity (Wildman–Crippen MR) is 82.0 cm³/mol. The van der Waals surface area contributed by atoms with E-state index in [2.05, 4.69) is 9.97 Å². The molecule has 2 rings (SSSR count). The highest BCUT2D eigenvalue weighted by Crippen LogP contribution is 2.28. The number of methoxy groups -OCH3 is 2. The van der Waals surface area contributed by atoms with Crippen LogP contribution in [0.1, 0.15) is 17.4 Å². The van der Waals surface area contributed by atoms with Gasteiger partial charge in [-0.25, -0.2) is 4.98 Å². The van der Waals surface area contributed by atoms with Gasteiger partial charge in [0.1, 0.15) is 11.8 Å². The van der Waals surface area contributed by atoms with Crippen LogP contribution in [-0.2, 0) is 0 Å². The molecule has 0 saturated carbocycles. The van der Waals surface area contributed by atoms with Gasteiger partial charge in [-0.2, -0.15) is 4.98 Å². The average Bonchev–Trinajstić information content (AvgIpc) is 2.53. The van der Waals surface area contributed by atoms with Crippen molar-refractivity contribution < 1.29 is 14.6 Å². The number of aryl methyl sites for hydroxylation is 1. The molecule has 0 bridgehead atoms. The van der Waals surface area contributed by atoms with E-state index in [0.717, 1.165) is 4.90 Å². The summed E-state index contributed by atoms with van der Waals surface area (Å²) in [6.07, 6.45) is 0.710. The van der Waals surface area contributed by atoms with E-state index in [1.165, 1.54) is 26.0 Å². The summed E-state index contributed by atoms with van der Waals surface area (Å²) in [6.45, 7) is 2.04. The Balaban J connectivity index is 2.05. The second-order valence-electron chi connectivity index (χ2n) is 4.45. The van der Waals surface area contributed by atoms with E-state index < -0.39 is 6.10 Å². The van der Waals surface area contributed by atoms with E-state index in [-0.39, 0.29) is 5.88 Å². The van der Waals surface area contributed by atoms with Crippen molar-refractivity contribution in [3.05, 3.63) is 41.7 Å². The summed E-state index contributed by atoms with van der Waals surface area (Å²) in [7, 11) is 3.00. The van der Waals surface area contributed by atoms with Crippen LogP contribution in [0.3, 0.4) is 0 Å². The highest BCUT2D eigenvalue weighted by atomic mass is 32.2. The molecule has 0 spiro atoms. The SMILES string of the molecule is COc1cnc(C(O)CSc2ccc(C)cc2)c(OC)n1. The maximum Gasteiger partial charge on any atom is 0.241 e. The summed E-state index contributed by atoms with van der Waals surface area (Å²) < 4.78 is 10.1. The molecular formula is C15H18N2O3S. The van der Waals surface area contributed by atoms with Crippen LogP contribution in [0.15, 0.2) is 35.4 Å². The second-order valence-corrected chi connectivity index (χ2v) is 5.54. The van der Waals surface area contributed by atoms with Gasteiger partial charge in [-0.3, -0.25) is 0 Å². The van der Waals surface area contributed by atoms with Gasteiger partial charge in [-0.15, -0.1) is 11.8 Å². The zero-order valence-corrected chi connectivity index (χ0v) is 13.1. The Kier molecular flexibility index (Phi) is 5.41. The third-order valence-electron chi connectivity index (χ3n) is 2.89. The number of hydrogen-bond acceptors (Lipinski definition) is 6. The lowest BCUT2D eigenvalue weighted by molar-refractivity contribution is 0.191. The van der Waals surface area contributed by atoms with Crippen molar-refractivity contribution >= 4 is 11.8 Å². The van der Waals surface area contributed by atoms with Crippen molar-refractivity contribution in [2.24, 2.45) is 0 Å². The molecule has 112 valence electrons. The van der Waals surface area contributed by atoms with Crippen molar-refractivity contribution in [2.75, 3.05) is 20.0 Å². The van der Waals surface area contributed by atoms with Crippen LogP contribution >= 0.6 is 11.8 Å². The Morgan fingerprint density at radius 1 is 1.19 bits per heavy atom. The number of aromatic nitrogens is 2. The van der Waals surface area contributed by atoms with E-state index in [1.54, 1.807) is 11.8 Å². The van der Waals surface area contributed by atoms with Crippen LogP contribution in [0, 0.1) is 6.92 Å². The summed E-state index contributed by atoms with van der Waals surface area (Å²) in [5.74, 6) is 1.11. The molecule has 1 unspecified atom stereocenters. The first-order valence-electron chi connectivity index (χ1n) is 6.46. The molecule has 2 aromatic rings. The molecule has 0 fully saturated rings. The van der Waals surface area contributed by atoms with Crippen LogP contribution < -0.4 is 9.47 Å². The first kappa shape index (κ1) is 15.6. The minimum atomic E-state index is -0.760. The van der Waals surface area contributed by atoms with Crippen LogP contribution in [-0.4, -0.2) is 35.0 Å². The maximum absolute atomic E-state index is 10.3. The first-order chi connectivity index (χ1) is 10.1. The van der Waals surface area contributed by atoms with E-state index >= 15 is 0 Å². The molecule has 5 nitrogen and oxygen atoms in total. The van der Waals surface area contributed by atoms with E-state index in [4.69, 9.17) is 9.47 Å². The van der Waals surface area contributed by atoms with Crippen molar-refractivity contribution in [1.29, 1.82) is 0 Å². The molecule has 1 atom stereocenters. The summed E-state index contributed by atoms with van der Waals surface area (Å²) in [4.78, 5) is 9.39. The quantitative estimate of drug-likeness (QED) is 0.828. The Labute approximate surface area is 128 Å². The van der Waals surface area contributed by atoms with Crippen molar-refractivity contribution in [3.63, 3.8) is 0 Å². The number of hydrogen-bond donors (Lipinski definition) is 1. The maximum atomic E-state index is 10.3. The van der Waals surface area contributed by atoms with Gasteiger partial charge < -0.3 is 14.6 Å². The molecule has 0 aliphatic carbocycles. The molecule has 6 heteroatoms. The normalized spacial score (nSPS) is 12.0. The molecule has 1 aromatic heterocycles. The van der Waals surface area contributed by atoms with Gasteiger partial charge in [0, 0.05) is 10.6 Å². The van der Waals surface area contributed by atoms with Crippen molar-refractivity contribution in [1.82, 2.24) is 9.97 Å². The van der Waals surface area contributed by atoms with Gasteiger partial charge in [0.05, 0.1) is 20.4 Å². The minimum Gasteiger partial charge on any atom is -0.480 e. The monoisotopic (exact) mass is 306 g/mol. The molecule has 1 aromatic carbocycles. The lowest BCUT2D eigenvalue weighted by Gasteiger charge is -2.13. The van der Waals surface area contributed by atoms with Crippen LogP contribution in [0.4, 0.5) is 0 Å². The number of thioether (sulfide) groups is 1. The summed E-state index contributed by atoms with van der Waals surface area (Å²) in [6, 6.07) is 8.15. The number of ether oxygens (including phenoxy) is 2. The van der Waals surface area contributed by atoms with E-state index in [9.17, 15) is 5.11 Å². The third kappa shape index (κ3) is 4.09. The van der Waals surface area contributed by atoms with Gasteiger partial charge in [-0.05, 0) is 19.1 Å². The molecule has 0 saturated heterocycles. The minimum absolute atomic E-state index is 0.284. The van der Waals surface area contributed by atoms with Crippen molar-refractivity contribution in [2.45, 2.75) is 17.9 Å². The Morgan fingerprint density at radius 3 is 2.52 bits per heavy atom. The summed E-state index contributed by atoms with van der Waals surface area (Å²) in [5.41, 5.74) is 1.63. The molecule has 0 aliphatic rings. The molecule has 1 heterocycles. The van der Waals surface area contributed by atoms with E-state index in [1.807, 2.05) is 31.2 Å².